The first-order valence-electron chi connectivity index (χ1n) is 6.12. The summed E-state index contributed by atoms with van der Waals surface area (Å²) in [6.07, 6.45) is 1.98. The molecular weight excluding hydrogens is 290 g/mol. The molecular formula is C15H13NO4S. The van der Waals surface area contributed by atoms with Crippen LogP contribution in [0, 0.1) is 10.1 Å². The van der Waals surface area contributed by atoms with E-state index < -0.39 is 4.92 Å². The van der Waals surface area contributed by atoms with Gasteiger partial charge in [0, 0.05) is 11.0 Å². The first kappa shape index (κ1) is 15.1. The summed E-state index contributed by atoms with van der Waals surface area (Å²) in [6.45, 7) is 1.29. The van der Waals surface area contributed by atoms with Gasteiger partial charge in [0.1, 0.15) is 11.5 Å². The summed E-state index contributed by atoms with van der Waals surface area (Å²) in [6, 6.07) is 11.6. The van der Waals surface area contributed by atoms with Crippen molar-refractivity contribution in [3.63, 3.8) is 0 Å². The number of nitro groups is 1. The summed E-state index contributed by atoms with van der Waals surface area (Å²) in [5.41, 5.74) is -0.175. The van der Waals surface area contributed by atoms with Crippen LogP contribution in [-0.2, 0) is 0 Å². The Morgan fingerprint density at radius 1 is 1.14 bits per heavy atom. The van der Waals surface area contributed by atoms with Gasteiger partial charge in [0.05, 0.1) is 10.5 Å². The summed E-state index contributed by atoms with van der Waals surface area (Å²) in [5, 5.41) is 10.9. The van der Waals surface area contributed by atoms with Gasteiger partial charge in [-0.1, -0.05) is 0 Å². The monoisotopic (exact) mass is 303 g/mol. The molecule has 0 N–H and O–H groups in total. The molecule has 0 saturated heterocycles. The molecule has 0 heterocycles. The Morgan fingerprint density at radius 2 is 1.76 bits per heavy atom. The molecule has 2 aromatic rings. The number of carbonyl (C=O) groups is 1. The van der Waals surface area contributed by atoms with Gasteiger partial charge in [-0.3, -0.25) is 14.9 Å². The van der Waals surface area contributed by atoms with Crippen molar-refractivity contribution >= 4 is 23.2 Å². The number of benzene rings is 2. The van der Waals surface area contributed by atoms with Crippen LogP contribution < -0.4 is 4.74 Å². The summed E-state index contributed by atoms with van der Waals surface area (Å²) in [4.78, 5) is 22.9. The molecule has 0 radical (unpaired) electrons. The third-order valence-corrected chi connectivity index (χ3v) is 3.58. The Bertz CT molecular complexity index is 683. The highest BCUT2D eigenvalue weighted by Crippen LogP contribution is 2.29. The fourth-order valence-electron chi connectivity index (χ4n) is 1.80. The summed E-state index contributed by atoms with van der Waals surface area (Å²) >= 11 is 1.62. The fourth-order valence-corrected chi connectivity index (χ4v) is 2.21. The van der Waals surface area contributed by atoms with Gasteiger partial charge in [-0.05, 0) is 49.6 Å². The van der Waals surface area contributed by atoms with Crippen molar-refractivity contribution in [2.24, 2.45) is 0 Å². The van der Waals surface area contributed by atoms with Crippen LogP contribution in [0.3, 0.4) is 0 Å². The average molecular weight is 303 g/mol. The lowest BCUT2D eigenvalue weighted by atomic mass is 10.1. The zero-order valence-corrected chi connectivity index (χ0v) is 12.3. The van der Waals surface area contributed by atoms with Gasteiger partial charge in [0.15, 0.2) is 5.78 Å². The van der Waals surface area contributed by atoms with Crippen LogP contribution in [0.25, 0.3) is 0 Å². The number of Topliss-reactive ketones (excluding diaryl/α,β-unsaturated/α-hetero) is 1. The summed E-state index contributed by atoms with van der Waals surface area (Å²) in [5.74, 6) is 0.628. The van der Waals surface area contributed by atoms with Gasteiger partial charge < -0.3 is 4.74 Å². The lowest BCUT2D eigenvalue weighted by Gasteiger charge is -2.07. The van der Waals surface area contributed by atoms with Crippen molar-refractivity contribution in [3.8, 4) is 11.5 Å². The van der Waals surface area contributed by atoms with Crippen molar-refractivity contribution < 1.29 is 14.5 Å². The molecule has 0 aliphatic rings. The molecule has 0 fully saturated rings. The van der Waals surface area contributed by atoms with Gasteiger partial charge in [0.25, 0.3) is 5.69 Å². The van der Waals surface area contributed by atoms with E-state index >= 15 is 0 Å². The molecule has 0 bridgehead atoms. The molecule has 2 rings (SSSR count). The number of nitrogens with zero attached hydrogens (tertiary/aromatic N) is 1. The highest BCUT2D eigenvalue weighted by atomic mass is 32.2. The minimum Gasteiger partial charge on any atom is -0.457 e. The van der Waals surface area contributed by atoms with E-state index in [9.17, 15) is 14.9 Å². The molecule has 108 valence electrons. The molecule has 2 aromatic carbocycles. The van der Waals surface area contributed by atoms with E-state index in [0.29, 0.717) is 11.5 Å². The van der Waals surface area contributed by atoms with E-state index in [1.165, 1.54) is 25.1 Å². The van der Waals surface area contributed by atoms with Crippen LogP contribution in [0.2, 0.25) is 0 Å². The number of thioether (sulfide) groups is 1. The standard InChI is InChI=1S/C15H13NO4S/c1-10(17)14-9-12(5-8-15(14)16(18)19)20-11-3-6-13(21-2)7-4-11/h3-9H,1-2H3. The molecule has 0 amide bonds. The van der Waals surface area contributed by atoms with E-state index in [4.69, 9.17) is 4.74 Å². The predicted molar refractivity (Wildman–Crippen MR) is 81.4 cm³/mol. The Hall–Kier alpha value is -2.34. The molecule has 6 heteroatoms. The lowest BCUT2D eigenvalue weighted by molar-refractivity contribution is -0.385. The SMILES string of the molecule is CSc1ccc(Oc2ccc([N+](=O)[O-])c(C(C)=O)c2)cc1. The van der Waals surface area contributed by atoms with E-state index in [2.05, 4.69) is 0 Å². The van der Waals surface area contributed by atoms with Crippen LogP contribution >= 0.6 is 11.8 Å². The van der Waals surface area contributed by atoms with E-state index in [0.717, 1.165) is 4.90 Å². The van der Waals surface area contributed by atoms with Crippen LogP contribution in [0.15, 0.2) is 47.4 Å². The van der Waals surface area contributed by atoms with Gasteiger partial charge in [-0.2, -0.15) is 0 Å². The molecule has 0 aliphatic carbocycles. The molecule has 21 heavy (non-hydrogen) atoms. The summed E-state index contributed by atoms with van der Waals surface area (Å²) in [7, 11) is 0. The maximum Gasteiger partial charge on any atom is 0.280 e. The van der Waals surface area contributed by atoms with Crippen LogP contribution in [-0.4, -0.2) is 17.0 Å². The fraction of sp³-hybridized carbons (Fsp3) is 0.133. The third kappa shape index (κ3) is 3.61. The number of hydrogen-bond donors (Lipinski definition) is 0. The molecule has 0 saturated carbocycles. The van der Waals surface area contributed by atoms with Crippen molar-refractivity contribution in [2.75, 3.05) is 6.26 Å². The second-order valence-corrected chi connectivity index (χ2v) is 5.15. The van der Waals surface area contributed by atoms with E-state index in [1.54, 1.807) is 23.9 Å². The summed E-state index contributed by atoms with van der Waals surface area (Å²) < 4.78 is 5.62. The highest BCUT2D eigenvalue weighted by molar-refractivity contribution is 7.98. The second kappa shape index (κ2) is 6.41. The number of rotatable bonds is 5. The first-order chi connectivity index (χ1) is 10.0. The van der Waals surface area contributed by atoms with Crippen molar-refractivity contribution in [3.05, 3.63) is 58.1 Å². The Balaban J connectivity index is 2.29. The van der Waals surface area contributed by atoms with Gasteiger partial charge in [0.2, 0.25) is 0 Å². The number of ketones is 1. The zero-order chi connectivity index (χ0) is 15.4. The number of hydrogen-bond acceptors (Lipinski definition) is 5. The smallest absolute Gasteiger partial charge is 0.280 e. The quantitative estimate of drug-likeness (QED) is 0.356. The number of carbonyl (C=O) groups excluding carboxylic acids is 1. The van der Waals surface area contributed by atoms with Gasteiger partial charge in [-0.15, -0.1) is 11.8 Å². The minimum atomic E-state index is -0.576. The van der Waals surface area contributed by atoms with Crippen LogP contribution in [0.5, 0.6) is 11.5 Å². The maximum absolute atomic E-state index is 11.5. The van der Waals surface area contributed by atoms with Crippen molar-refractivity contribution in [1.82, 2.24) is 0 Å². The highest BCUT2D eigenvalue weighted by Gasteiger charge is 2.18. The molecule has 0 aromatic heterocycles. The zero-order valence-electron chi connectivity index (χ0n) is 11.5. The molecule has 0 unspecified atom stereocenters. The molecule has 5 nitrogen and oxygen atoms in total. The maximum atomic E-state index is 11.5. The normalized spacial score (nSPS) is 10.2. The third-order valence-electron chi connectivity index (χ3n) is 2.84. The van der Waals surface area contributed by atoms with Crippen LogP contribution in [0.1, 0.15) is 17.3 Å². The Kier molecular flexibility index (Phi) is 4.59. The van der Waals surface area contributed by atoms with Crippen molar-refractivity contribution in [1.29, 1.82) is 0 Å². The second-order valence-electron chi connectivity index (χ2n) is 4.27. The van der Waals surface area contributed by atoms with Gasteiger partial charge >= 0.3 is 0 Å². The predicted octanol–water partition coefficient (Wildman–Crippen LogP) is 4.31. The number of nitro benzene ring substituents is 1. The van der Waals surface area contributed by atoms with E-state index in [-0.39, 0.29) is 17.0 Å². The van der Waals surface area contributed by atoms with Crippen molar-refractivity contribution in [2.45, 2.75) is 11.8 Å². The molecule has 0 aliphatic heterocycles. The largest absolute Gasteiger partial charge is 0.457 e. The van der Waals surface area contributed by atoms with E-state index in [1.807, 2.05) is 18.4 Å². The molecule has 0 spiro atoms. The first-order valence-corrected chi connectivity index (χ1v) is 7.35. The Morgan fingerprint density at radius 3 is 2.29 bits per heavy atom. The minimum absolute atomic E-state index is 0.0400. The van der Waals surface area contributed by atoms with Gasteiger partial charge in [-0.25, -0.2) is 0 Å². The lowest BCUT2D eigenvalue weighted by Crippen LogP contribution is -2.00. The average Bonchev–Trinajstić information content (AvgIpc) is 2.47. The van der Waals surface area contributed by atoms with Crippen LogP contribution in [0.4, 0.5) is 5.69 Å². The Labute approximate surface area is 126 Å². The topological polar surface area (TPSA) is 69.4 Å². The molecule has 0 atom stereocenters. The number of ether oxygens (including phenoxy) is 1.